The first-order valence-corrected chi connectivity index (χ1v) is 15.1. The molecule has 2 aromatic carbocycles. The van der Waals surface area contributed by atoms with Crippen LogP contribution in [0.2, 0.25) is 19.0 Å². The van der Waals surface area contributed by atoms with Crippen molar-refractivity contribution in [3.8, 4) is 0 Å². The molecular formula is C26H19Cl4N8NaO3S2. The Hall–Kier alpha value is -2.72. The molecule has 0 saturated carbocycles. The maximum Gasteiger partial charge on any atom is 1.00 e. The Kier molecular flexibility index (Phi) is 13.9. The third-order valence-electron chi connectivity index (χ3n) is 5.14. The van der Waals surface area contributed by atoms with E-state index in [0.29, 0.717) is 27.9 Å². The van der Waals surface area contributed by atoms with E-state index in [9.17, 15) is 9.59 Å². The molecule has 0 atom stereocenters. The van der Waals surface area contributed by atoms with Crippen LogP contribution in [0.15, 0.2) is 60.9 Å². The molecule has 4 heterocycles. The van der Waals surface area contributed by atoms with E-state index >= 15 is 0 Å². The molecule has 0 fully saturated rings. The number of aromatic nitrogens is 6. The number of esters is 1. The molecule has 0 radical (unpaired) electrons. The van der Waals surface area contributed by atoms with E-state index in [-0.39, 0.29) is 55.8 Å². The van der Waals surface area contributed by atoms with Crippen molar-refractivity contribution in [3.05, 3.63) is 89.9 Å². The van der Waals surface area contributed by atoms with Crippen molar-refractivity contribution < 1.29 is 45.3 Å². The fraction of sp³-hybridized carbons (Fsp3) is 0.0769. The molecule has 222 valence electrons. The Bertz CT molecular complexity index is 1920. The van der Waals surface area contributed by atoms with Crippen LogP contribution in [0.25, 0.3) is 21.8 Å². The Labute approximate surface area is 301 Å². The summed E-state index contributed by atoms with van der Waals surface area (Å²) in [7, 11) is 0. The average Bonchev–Trinajstić information content (AvgIpc) is 3.62. The summed E-state index contributed by atoms with van der Waals surface area (Å²) in [5.41, 5.74) is 8.62. The van der Waals surface area contributed by atoms with Crippen molar-refractivity contribution in [3.63, 3.8) is 0 Å². The first kappa shape index (κ1) is 35.8. The number of hydrogen-bond donors (Lipinski definition) is 2. The minimum absolute atomic E-state index is 0. The molecule has 0 aliphatic heterocycles. The predicted molar refractivity (Wildman–Crippen MR) is 173 cm³/mol. The number of nitrogens with zero attached hydrogens (tertiary/aromatic N) is 6. The van der Waals surface area contributed by atoms with Crippen LogP contribution in [0.1, 0.15) is 28.0 Å². The Morgan fingerprint density at radius 3 is 1.93 bits per heavy atom. The maximum absolute atomic E-state index is 12.0. The fourth-order valence-corrected chi connectivity index (χ4v) is 5.11. The zero-order valence-corrected chi connectivity index (χ0v) is 29.5. The van der Waals surface area contributed by atoms with Crippen LogP contribution in [-0.4, -0.2) is 48.8 Å². The van der Waals surface area contributed by atoms with E-state index in [1.807, 2.05) is 12.1 Å². The molecule has 0 spiro atoms. The van der Waals surface area contributed by atoms with Gasteiger partial charge in [-0.2, -0.15) is 0 Å². The largest absolute Gasteiger partial charge is 1.00 e. The average molecular weight is 720 g/mol. The normalized spacial score (nSPS) is 10.1. The second kappa shape index (κ2) is 17.1. The number of anilines is 2. The van der Waals surface area contributed by atoms with E-state index in [1.165, 1.54) is 0 Å². The van der Waals surface area contributed by atoms with Crippen molar-refractivity contribution in [2.24, 2.45) is 0 Å². The van der Waals surface area contributed by atoms with Gasteiger partial charge in [-0.1, -0.05) is 45.9 Å². The van der Waals surface area contributed by atoms with Gasteiger partial charge in [0.1, 0.15) is 0 Å². The topological polar surface area (TPSA) is 159 Å². The van der Waals surface area contributed by atoms with Gasteiger partial charge in [-0.15, -0.1) is 20.4 Å². The van der Waals surface area contributed by atoms with Crippen LogP contribution in [-0.2, 0) is 4.74 Å². The molecule has 1 amide bonds. The van der Waals surface area contributed by atoms with E-state index < -0.39 is 5.97 Å². The zero-order valence-electron chi connectivity index (χ0n) is 23.8. The standard InChI is InChI=1S/C12H6Cl2N4OS.C9H7ClN2.C5H5ClN2O2S.Na.H/c13-6-1-2-7-8(3-4-15-9(7)5-6)16-10(19)11-17-18-12(14)20-11;10-6-1-2-7-8(11)3-4-12-9(7)5-6;1-2-10-4(9)3-7-8-5(6)11-3;;/h1-5H,(H,15,16,19);1-5H,(H2,11,12);2H2,1H3;;/q;;;+1;-1. The first-order chi connectivity index (χ1) is 20.6. The molecule has 0 unspecified atom stereocenters. The maximum atomic E-state index is 12.0. The van der Waals surface area contributed by atoms with E-state index in [1.54, 1.807) is 55.7 Å². The Morgan fingerprint density at radius 2 is 1.36 bits per heavy atom. The molecule has 0 bridgehead atoms. The van der Waals surface area contributed by atoms with Gasteiger partial charge >= 0.3 is 35.5 Å². The Morgan fingerprint density at radius 1 is 0.818 bits per heavy atom. The Balaban J connectivity index is 0.000000245. The van der Waals surface area contributed by atoms with Gasteiger partial charge in [0.2, 0.25) is 18.9 Å². The molecule has 0 saturated heterocycles. The van der Waals surface area contributed by atoms with Crippen LogP contribution in [0, 0.1) is 0 Å². The van der Waals surface area contributed by atoms with E-state index in [2.05, 4.69) is 40.4 Å². The van der Waals surface area contributed by atoms with Gasteiger partial charge in [-0.25, -0.2) is 4.79 Å². The van der Waals surface area contributed by atoms with Crippen LogP contribution in [0.3, 0.4) is 0 Å². The zero-order chi connectivity index (χ0) is 30.9. The van der Waals surface area contributed by atoms with Crippen LogP contribution >= 0.6 is 69.1 Å². The summed E-state index contributed by atoms with van der Waals surface area (Å²) >= 11 is 24.8. The van der Waals surface area contributed by atoms with Crippen LogP contribution < -0.4 is 40.6 Å². The van der Waals surface area contributed by atoms with Crippen molar-refractivity contribution in [1.82, 2.24) is 30.4 Å². The summed E-state index contributed by atoms with van der Waals surface area (Å²) in [5, 5.41) is 20.4. The number of halogens is 4. The third-order valence-corrected chi connectivity index (χ3v) is 7.62. The summed E-state index contributed by atoms with van der Waals surface area (Å²) in [4.78, 5) is 31.3. The molecule has 44 heavy (non-hydrogen) atoms. The first-order valence-electron chi connectivity index (χ1n) is 11.9. The van der Waals surface area contributed by atoms with Gasteiger partial charge in [0.05, 0.1) is 23.3 Å². The summed E-state index contributed by atoms with van der Waals surface area (Å²) in [6.45, 7) is 2.05. The number of nitrogens with one attached hydrogen (secondary N) is 1. The number of carbonyl (C=O) groups excluding carboxylic acids is 2. The van der Waals surface area contributed by atoms with Crippen molar-refractivity contribution in [2.45, 2.75) is 6.92 Å². The molecule has 3 N–H and O–H groups in total. The molecule has 0 aliphatic rings. The van der Waals surface area contributed by atoms with E-state index in [0.717, 1.165) is 44.7 Å². The molecule has 6 aromatic rings. The van der Waals surface area contributed by atoms with Crippen molar-refractivity contribution in [2.75, 3.05) is 17.7 Å². The second-order valence-corrected chi connectivity index (χ2v) is 12.0. The predicted octanol–water partition coefficient (Wildman–Crippen LogP) is 4.60. The van der Waals surface area contributed by atoms with Gasteiger partial charge in [0.25, 0.3) is 5.91 Å². The number of carbonyl (C=O) groups is 2. The van der Waals surface area contributed by atoms with E-state index in [4.69, 9.17) is 52.1 Å². The summed E-state index contributed by atoms with van der Waals surface area (Å²) < 4.78 is 5.12. The fourth-order valence-electron chi connectivity index (χ4n) is 3.33. The van der Waals surface area contributed by atoms with Gasteiger partial charge < -0.3 is 17.2 Å². The molecule has 0 aliphatic carbocycles. The second-order valence-electron chi connectivity index (χ2n) is 7.98. The van der Waals surface area contributed by atoms with Crippen molar-refractivity contribution >= 4 is 114 Å². The number of pyridine rings is 2. The molecule has 11 nitrogen and oxygen atoms in total. The molecule has 6 rings (SSSR count). The number of benzene rings is 2. The number of ether oxygens (including phenoxy) is 1. The summed E-state index contributed by atoms with van der Waals surface area (Å²) in [6, 6.07) is 14.2. The summed E-state index contributed by atoms with van der Waals surface area (Å²) in [5.74, 6) is -0.839. The molecule has 4 aromatic heterocycles. The number of rotatable bonds is 4. The minimum Gasteiger partial charge on any atom is -1.00 e. The van der Waals surface area contributed by atoms with Crippen molar-refractivity contribution in [1.29, 1.82) is 0 Å². The van der Waals surface area contributed by atoms with Gasteiger partial charge in [-0.3, -0.25) is 14.8 Å². The minimum atomic E-state index is -0.475. The number of hydrogen-bond acceptors (Lipinski definition) is 12. The number of nitrogen functional groups attached to an aromatic ring is 1. The van der Waals surface area contributed by atoms with Crippen LogP contribution in [0.4, 0.5) is 11.4 Å². The smallest absolute Gasteiger partial charge is 1.00 e. The van der Waals surface area contributed by atoms with Gasteiger partial charge in [0.15, 0.2) is 0 Å². The van der Waals surface area contributed by atoms with Crippen LogP contribution in [0.5, 0.6) is 0 Å². The number of nitrogens with two attached hydrogens (primary N) is 1. The van der Waals surface area contributed by atoms with Gasteiger partial charge in [-0.05, 0) is 78.7 Å². The monoisotopic (exact) mass is 718 g/mol. The quantitative estimate of drug-likeness (QED) is 0.195. The SMILES string of the molecule is CCOC(=O)c1nnc(Cl)s1.Nc1ccnc2cc(Cl)ccc12.O=C(Nc1ccnc2cc(Cl)ccc12)c1nnc(Cl)s1.[H-].[Na+]. The molecule has 18 heteroatoms. The molecular weight excluding hydrogens is 701 g/mol. The van der Waals surface area contributed by atoms with Gasteiger partial charge in [0, 0.05) is 38.9 Å². The third kappa shape index (κ3) is 9.89. The number of amides is 1. The summed E-state index contributed by atoms with van der Waals surface area (Å²) in [6.07, 6.45) is 3.27. The number of fused-ring (bicyclic) bond motifs is 2.